The highest BCUT2D eigenvalue weighted by atomic mass is 35.5. The smallest absolute Gasteiger partial charge is 0.283 e. The maximum Gasteiger partial charge on any atom is 0.283 e. The largest absolute Gasteiger partial charge is 0.349 e. The van der Waals surface area contributed by atoms with Gasteiger partial charge < -0.3 is 4.98 Å². The number of hydrogen-bond donors (Lipinski definition) is 1. The minimum atomic E-state index is -0.121. The Hall–Kier alpha value is -2.73. The fourth-order valence-corrected chi connectivity index (χ4v) is 5.35. The third kappa shape index (κ3) is 3.71. The molecule has 0 radical (unpaired) electrons. The van der Waals surface area contributed by atoms with Crippen LogP contribution in [0.2, 0.25) is 10.0 Å². The zero-order valence-corrected chi connectivity index (χ0v) is 19.8. The summed E-state index contributed by atoms with van der Waals surface area (Å²) in [5.41, 5.74) is 5.78. The van der Waals surface area contributed by atoms with Crippen molar-refractivity contribution in [1.29, 1.82) is 0 Å². The monoisotopic (exact) mass is 479 g/mol. The second-order valence-corrected chi connectivity index (χ2v) is 9.53. The Balaban J connectivity index is 1.74. The molecule has 0 fully saturated rings. The summed E-state index contributed by atoms with van der Waals surface area (Å²) in [6.07, 6.45) is 0. The lowest BCUT2D eigenvalue weighted by atomic mass is 10.1. The summed E-state index contributed by atoms with van der Waals surface area (Å²) >= 11 is 13.9. The normalized spacial score (nSPS) is 11.5. The van der Waals surface area contributed by atoms with Crippen molar-refractivity contribution in [1.82, 2.24) is 14.5 Å². The maximum absolute atomic E-state index is 13.7. The topological polar surface area (TPSA) is 50.7 Å². The van der Waals surface area contributed by atoms with Crippen molar-refractivity contribution in [2.45, 2.75) is 24.8 Å². The van der Waals surface area contributed by atoms with Crippen molar-refractivity contribution in [3.8, 4) is 5.69 Å². The van der Waals surface area contributed by atoms with Gasteiger partial charge >= 0.3 is 0 Å². The zero-order valence-electron chi connectivity index (χ0n) is 17.4. The van der Waals surface area contributed by atoms with E-state index in [9.17, 15) is 4.79 Å². The molecule has 160 valence electrons. The second-order valence-electron chi connectivity index (χ2n) is 7.74. The van der Waals surface area contributed by atoms with Gasteiger partial charge in [0.15, 0.2) is 5.16 Å². The van der Waals surface area contributed by atoms with Gasteiger partial charge in [-0.05, 0) is 54.8 Å². The molecule has 0 aliphatic rings. The number of nitrogens with one attached hydrogen (secondary N) is 1. The molecule has 0 aliphatic heterocycles. The van der Waals surface area contributed by atoms with Crippen molar-refractivity contribution in [2.24, 2.45) is 0 Å². The number of thioether (sulfide) groups is 1. The molecule has 0 spiro atoms. The highest BCUT2D eigenvalue weighted by Gasteiger charge is 2.19. The quantitative estimate of drug-likeness (QED) is 0.221. The highest BCUT2D eigenvalue weighted by Crippen LogP contribution is 2.31. The molecule has 2 aromatic heterocycles. The third-order valence-electron chi connectivity index (χ3n) is 5.47. The van der Waals surface area contributed by atoms with E-state index in [2.05, 4.69) is 4.98 Å². The number of hydrogen-bond acceptors (Lipinski definition) is 3. The standard InChI is InChI=1S/C25H19Cl2N3OS/c1-14-7-8-15(2)21(11-14)30-24(31)23-22(18-5-3-4-6-20(18)28-23)29-25(30)32-13-16-9-10-17(26)12-19(16)27/h3-12,28H,13H2,1-2H3. The number of fused-ring (bicyclic) bond motifs is 3. The van der Waals surface area contributed by atoms with Crippen LogP contribution in [-0.4, -0.2) is 14.5 Å². The predicted molar refractivity (Wildman–Crippen MR) is 135 cm³/mol. The molecule has 0 saturated carbocycles. The number of H-pyrrole nitrogens is 1. The number of benzene rings is 3. The SMILES string of the molecule is Cc1ccc(C)c(-n2c(SCc3ccc(Cl)cc3Cl)nc3c([nH]c4ccccc43)c2=O)c1. The van der Waals surface area contributed by atoms with Crippen LogP contribution in [-0.2, 0) is 5.75 Å². The fraction of sp³-hybridized carbons (Fsp3) is 0.120. The first-order chi connectivity index (χ1) is 15.4. The summed E-state index contributed by atoms with van der Waals surface area (Å²) in [4.78, 5) is 22.0. The van der Waals surface area contributed by atoms with Crippen LogP contribution in [0.1, 0.15) is 16.7 Å². The van der Waals surface area contributed by atoms with E-state index in [1.54, 1.807) is 10.6 Å². The van der Waals surface area contributed by atoms with Gasteiger partial charge in [-0.1, -0.05) is 71.4 Å². The van der Waals surface area contributed by atoms with Crippen LogP contribution in [0.25, 0.3) is 27.6 Å². The van der Waals surface area contributed by atoms with Crippen molar-refractivity contribution >= 4 is 56.9 Å². The van der Waals surface area contributed by atoms with Crippen LogP contribution in [0.3, 0.4) is 0 Å². The molecule has 4 nitrogen and oxygen atoms in total. The van der Waals surface area contributed by atoms with Gasteiger partial charge in [-0.2, -0.15) is 0 Å². The van der Waals surface area contributed by atoms with Crippen LogP contribution in [0.4, 0.5) is 0 Å². The Morgan fingerprint density at radius 3 is 2.66 bits per heavy atom. The van der Waals surface area contributed by atoms with E-state index in [1.807, 2.05) is 68.4 Å². The Morgan fingerprint density at radius 2 is 1.84 bits per heavy atom. The Bertz CT molecular complexity index is 1550. The van der Waals surface area contributed by atoms with Crippen LogP contribution in [0, 0.1) is 13.8 Å². The molecule has 3 aromatic carbocycles. The molecule has 32 heavy (non-hydrogen) atoms. The third-order valence-corrected chi connectivity index (χ3v) is 7.05. The van der Waals surface area contributed by atoms with Gasteiger partial charge in [0.2, 0.25) is 0 Å². The van der Waals surface area contributed by atoms with Crippen LogP contribution in [0.15, 0.2) is 70.6 Å². The van der Waals surface area contributed by atoms with E-state index in [1.165, 1.54) is 11.8 Å². The van der Waals surface area contributed by atoms with E-state index >= 15 is 0 Å². The minimum Gasteiger partial charge on any atom is -0.349 e. The van der Waals surface area contributed by atoms with Crippen LogP contribution in [0.5, 0.6) is 0 Å². The molecule has 0 unspecified atom stereocenters. The summed E-state index contributed by atoms with van der Waals surface area (Å²) in [5, 5.41) is 2.74. The van der Waals surface area contributed by atoms with Gasteiger partial charge in [0.1, 0.15) is 11.0 Å². The summed E-state index contributed by atoms with van der Waals surface area (Å²) in [6, 6.07) is 19.4. The number of nitrogens with zero attached hydrogens (tertiary/aromatic N) is 2. The molecule has 5 rings (SSSR count). The molecular formula is C25H19Cl2N3OS. The summed E-state index contributed by atoms with van der Waals surface area (Å²) in [5.74, 6) is 0.557. The minimum absolute atomic E-state index is 0.121. The number of halogens is 2. The number of aromatic nitrogens is 3. The van der Waals surface area contributed by atoms with Gasteiger partial charge in [-0.25, -0.2) is 4.98 Å². The maximum atomic E-state index is 13.7. The first-order valence-electron chi connectivity index (χ1n) is 10.1. The zero-order chi connectivity index (χ0) is 22.4. The first-order valence-corrected chi connectivity index (χ1v) is 11.8. The molecule has 0 amide bonds. The highest BCUT2D eigenvalue weighted by molar-refractivity contribution is 7.98. The second kappa shape index (κ2) is 8.32. The van der Waals surface area contributed by atoms with Crippen molar-refractivity contribution < 1.29 is 0 Å². The molecule has 0 aliphatic carbocycles. The number of para-hydroxylation sites is 1. The van der Waals surface area contributed by atoms with E-state index in [4.69, 9.17) is 28.2 Å². The fourth-order valence-electron chi connectivity index (χ4n) is 3.79. The van der Waals surface area contributed by atoms with Crippen molar-refractivity contribution in [2.75, 3.05) is 0 Å². The van der Waals surface area contributed by atoms with Crippen LogP contribution >= 0.6 is 35.0 Å². The summed E-state index contributed by atoms with van der Waals surface area (Å²) < 4.78 is 1.70. The summed E-state index contributed by atoms with van der Waals surface area (Å²) in [7, 11) is 0. The predicted octanol–water partition coefficient (Wildman–Crippen LogP) is 7.08. The van der Waals surface area contributed by atoms with E-state index in [-0.39, 0.29) is 5.56 Å². The van der Waals surface area contributed by atoms with Gasteiger partial charge in [-0.15, -0.1) is 0 Å². The van der Waals surface area contributed by atoms with Gasteiger partial charge in [0.25, 0.3) is 5.56 Å². The average molecular weight is 480 g/mol. The molecule has 2 heterocycles. The Labute approximate surface area is 199 Å². The van der Waals surface area contributed by atoms with E-state index in [0.29, 0.717) is 32.0 Å². The van der Waals surface area contributed by atoms with Gasteiger partial charge in [-0.3, -0.25) is 9.36 Å². The molecule has 5 aromatic rings. The summed E-state index contributed by atoms with van der Waals surface area (Å²) in [6.45, 7) is 4.02. The van der Waals surface area contributed by atoms with E-state index in [0.717, 1.165) is 33.3 Å². The molecule has 0 saturated heterocycles. The molecule has 1 N–H and O–H groups in total. The lowest BCUT2D eigenvalue weighted by molar-refractivity contribution is 0.812. The van der Waals surface area contributed by atoms with Gasteiger partial charge in [0.05, 0.1) is 5.69 Å². The number of aryl methyl sites for hydroxylation is 2. The lowest BCUT2D eigenvalue weighted by Crippen LogP contribution is -2.22. The first kappa shape index (κ1) is 21.1. The lowest BCUT2D eigenvalue weighted by Gasteiger charge is -2.15. The molecule has 7 heteroatoms. The Morgan fingerprint density at radius 1 is 1.03 bits per heavy atom. The van der Waals surface area contributed by atoms with Gasteiger partial charge in [0, 0.05) is 26.7 Å². The van der Waals surface area contributed by atoms with Crippen molar-refractivity contribution in [3.63, 3.8) is 0 Å². The molecule has 0 bridgehead atoms. The molecular weight excluding hydrogens is 461 g/mol. The number of aromatic amines is 1. The van der Waals surface area contributed by atoms with E-state index < -0.39 is 0 Å². The average Bonchev–Trinajstić information content (AvgIpc) is 3.14. The van der Waals surface area contributed by atoms with Crippen molar-refractivity contribution in [3.05, 3.63) is 97.8 Å². The molecule has 0 atom stereocenters. The van der Waals surface area contributed by atoms with Crippen LogP contribution < -0.4 is 5.56 Å². The number of rotatable bonds is 4. The Kier molecular flexibility index (Phi) is 5.49.